The van der Waals surface area contributed by atoms with Gasteiger partial charge in [-0.25, -0.2) is 9.37 Å². The highest BCUT2D eigenvalue weighted by atomic mass is 35.5. The van der Waals surface area contributed by atoms with Crippen molar-refractivity contribution in [2.75, 3.05) is 18.0 Å². The number of fused-ring (bicyclic) bond motifs is 1. The number of hydrogen-bond acceptors (Lipinski definition) is 4. The maximum atomic E-state index is 13.7. The summed E-state index contributed by atoms with van der Waals surface area (Å²) in [5.41, 5.74) is 9.97. The predicted octanol–water partition coefficient (Wildman–Crippen LogP) is 4.81. The average Bonchev–Trinajstić information content (AvgIpc) is 3.09. The number of aromatic nitrogens is 2. The molecule has 5 nitrogen and oxygen atoms in total. The first-order valence-electron chi connectivity index (χ1n) is 11.1. The third-order valence-corrected chi connectivity index (χ3v) is 8.11. The minimum absolute atomic E-state index is 0.0194. The van der Waals surface area contributed by atoms with E-state index in [2.05, 4.69) is 21.9 Å². The summed E-state index contributed by atoms with van der Waals surface area (Å²) < 4.78 is 15.1. The molecular formula is C26H23Cl2FN4O. The molecule has 2 aliphatic rings. The Morgan fingerprint density at radius 2 is 1.91 bits per heavy atom. The van der Waals surface area contributed by atoms with Crippen molar-refractivity contribution in [1.82, 2.24) is 9.55 Å². The van der Waals surface area contributed by atoms with Crippen LogP contribution >= 0.6 is 23.2 Å². The SMILES string of the molecule is C#Cc1ccc2c(c1)[C@@H](N)C1(CCN(c3cc(=O)n(-c4ccc(F)c(Cl)c4Cl)c(C)n3)CC1)C2. The molecule has 5 rings (SSSR count). The van der Waals surface area contributed by atoms with E-state index >= 15 is 0 Å². The van der Waals surface area contributed by atoms with Crippen LogP contribution in [-0.4, -0.2) is 22.6 Å². The summed E-state index contributed by atoms with van der Waals surface area (Å²) in [6.45, 7) is 3.20. The van der Waals surface area contributed by atoms with E-state index in [0.29, 0.717) is 17.3 Å². The van der Waals surface area contributed by atoms with Gasteiger partial charge in [0, 0.05) is 30.8 Å². The van der Waals surface area contributed by atoms with E-state index in [1.54, 1.807) is 6.92 Å². The van der Waals surface area contributed by atoms with Crippen molar-refractivity contribution in [2.24, 2.45) is 11.1 Å². The number of piperidine rings is 1. The molecule has 8 heteroatoms. The second-order valence-electron chi connectivity index (χ2n) is 9.09. The van der Waals surface area contributed by atoms with E-state index in [1.807, 2.05) is 12.1 Å². The Hall–Kier alpha value is -2.85. The number of hydrogen-bond donors (Lipinski definition) is 1. The number of nitrogens with zero attached hydrogens (tertiary/aromatic N) is 3. The molecule has 0 bridgehead atoms. The maximum Gasteiger partial charge on any atom is 0.260 e. The second-order valence-corrected chi connectivity index (χ2v) is 9.85. The van der Waals surface area contributed by atoms with Crippen LogP contribution in [0.2, 0.25) is 10.0 Å². The van der Waals surface area contributed by atoms with Gasteiger partial charge in [0.05, 0.1) is 15.7 Å². The standard InChI is InChI=1S/C26H23Cl2FN4O/c1-3-16-4-5-17-14-26(25(30)18(17)12-16)8-10-32(11-9-26)21-13-22(34)33(15(2)31-21)20-7-6-19(29)23(27)24(20)28/h1,4-7,12-13,25H,8-11,14,30H2,2H3/t25-/m1/s1. The van der Waals surface area contributed by atoms with Gasteiger partial charge in [0.1, 0.15) is 17.5 Å². The van der Waals surface area contributed by atoms with Crippen molar-refractivity contribution in [1.29, 1.82) is 0 Å². The molecular weight excluding hydrogens is 474 g/mol. The smallest absolute Gasteiger partial charge is 0.260 e. The number of terminal acetylenes is 1. The summed E-state index contributed by atoms with van der Waals surface area (Å²) in [7, 11) is 0. The lowest BCUT2D eigenvalue weighted by Crippen LogP contribution is -2.45. The molecule has 174 valence electrons. The summed E-state index contributed by atoms with van der Waals surface area (Å²) in [4.78, 5) is 19.8. The van der Waals surface area contributed by atoms with Crippen molar-refractivity contribution in [2.45, 2.75) is 32.2 Å². The minimum Gasteiger partial charge on any atom is -0.356 e. The second kappa shape index (κ2) is 8.42. The Kier molecular flexibility index (Phi) is 5.68. The zero-order valence-electron chi connectivity index (χ0n) is 18.6. The number of rotatable bonds is 2. The van der Waals surface area contributed by atoms with Gasteiger partial charge in [-0.3, -0.25) is 9.36 Å². The molecule has 0 unspecified atom stereocenters. The van der Waals surface area contributed by atoms with Gasteiger partial charge < -0.3 is 10.6 Å². The third kappa shape index (κ3) is 3.60. The van der Waals surface area contributed by atoms with Gasteiger partial charge in [0.25, 0.3) is 5.56 Å². The summed E-state index contributed by atoms with van der Waals surface area (Å²) in [6, 6.07) is 10.1. The van der Waals surface area contributed by atoms with E-state index in [1.165, 1.54) is 28.3 Å². The molecule has 1 saturated heterocycles. The molecule has 34 heavy (non-hydrogen) atoms. The number of anilines is 1. The summed E-state index contributed by atoms with van der Waals surface area (Å²) in [6.07, 6.45) is 8.28. The van der Waals surface area contributed by atoms with E-state index in [4.69, 9.17) is 35.4 Å². The molecule has 2 heterocycles. The Morgan fingerprint density at radius 3 is 2.59 bits per heavy atom. The summed E-state index contributed by atoms with van der Waals surface area (Å²) >= 11 is 12.2. The third-order valence-electron chi connectivity index (χ3n) is 7.26. The van der Waals surface area contributed by atoms with Crippen LogP contribution in [0.5, 0.6) is 0 Å². The van der Waals surface area contributed by atoms with Gasteiger partial charge in [0.2, 0.25) is 0 Å². The maximum absolute atomic E-state index is 13.7. The largest absolute Gasteiger partial charge is 0.356 e. The quantitative estimate of drug-likeness (QED) is 0.408. The Morgan fingerprint density at radius 1 is 1.18 bits per heavy atom. The van der Waals surface area contributed by atoms with E-state index in [0.717, 1.165) is 43.5 Å². The predicted molar refractivity (Wildman–Crippen MR) is 133 cm³/mol. The van der Waals surface area contributed by atoms with Crippen LogP contribution in [-0.2, 0) is 6.42 Å². The molecule has 2 aromatic carbocycles. The number of benzene rings is 2. The van der Waals surface area contributed by atoms with Gasteiger partial charge in [-0.1, -0.05) is 35.2 Å². The van der Waals surface area contributed by atoms with Crippen molar-refractivity contribution in [3.63, 3.8) is 0 Å². The molecule has 1 fully saturated rings. The fraction of sp³-hybridized carbons (Fsp3) is 0.308. The van der Waals surface area contributed by atoms with Crippen LogP contribution in [0.4, 0.5) is 10.2 Å². The van der Waals surface area contributed by atoms with Crippen molar-refractivity contribution >= 4 is 29.0 Å². The average molecular weight is 497 g/mol. The first-order chi connectivity index (χ1) is 16.2. The van der Waals surface area contributed by atoms with Crippen molar-refractivity contribution in [3.05, 3.63) is 85.1 Å². The topological polar surface area (TPSA) is 64.2 Å². The lowest BCUT2D eigenvalue weighted by Gasteiger charge is -2.42. The normalized spacial score (nSPS) is 18.7. The Labute approximate surface area is 207 Å². The van der Waals surface area contributed by atoms with E-state index < -0.39 is 5.82 Å². The van der Waals surface area contributed by atoms with Crippen molar-refractivity contribution < 1.29 is 4.39 Å². The van der Waals surface area contributed by atoms with Crippen LogP contribution in [0, 0.1) is 30.5 Å². The fourth-order valence-electron chi connectivity index (χ4n) is 5.35. The first kappa shape index (κ1) is 22.9. The minimum atomic E-state index is -0.643. The number of nitrogens with two attached hydrogens (primary N) is 1. The molecule has 1 aromatic heterocycles. The highest BCUT2D eigenvalue weighted by molar-refractivity contribution is 6.43. The summed E-state index contributed by atoms with van der Waals surface area (Å²) in [5.74, 6) is 3.10. The molecule has 3 aromatic rings. The van der Waals surface area contributed by atoms with Crippen LogP contribution in [0.1, 0.15) is 41.4 Å². The van der Waals surface area contributed by atoms with Crippen LogP contribution in [0.3, 0.4) is 0 Å². The van der Waals surface area contributed by atoms with E-state index in [9.17, 15) is 9.18 Å². The van der Waals surface area contributed by atoms with Crippen molar-refractivity contribution in [3.8, 4) is 18.0 Å². The van der Waals surface area contributed by atoms with Gasteiger partial charge in [-0.2, -0.15) is 0 Å². The molecule has 1 aliphatic heterocycles. The molecule has 1 spiro atoms. The first-order valence-corrected chi connectivity index (χ1v) is 11.8. The highest BCUT2D eigenvalue weighted by Gasteiger charge is 2.46. The number of halogens is 3. The fourth-order valence-corrected chi connectivity index (χ4v) is 5.75. The van der Waals surface area contributed by atoms with Gasteiger partial charge in [-0.05, 0) is 67.0 Å². The highest BCUT2D eigenvalue weighted by Crippen LogP contribution is 2.51. The monoisotopic (exact) mass is 496 g/mol. The molecule has 0 saturated carbocycles. The lowest BCUT2D eigenvalue weighted by atomic mass is 9.73. The molecule has 2 N–H and O–H groups in total. The summed E-state index contributed by atoms with van der Waals surface area (Å²) in [5, 5.41) is -0.247. The molecule has 0 amide bonds. The zero-order chi connectivity index (χ0) is 24.2. The van der Waals surface area contributed by atoms with E-state index in [-0.39, 0.29) is 27.1 Å². The van der Waals surface area contributed by atoms with Crippen LogP contribution in [0.25, 0.3) is 5.69 Å². The number of aryl methyl sites for hydroxylation is 1. The van der Waals surface area contributed by atoms with Crippen LogP contribution < -0.4 is 16.2 Å². The molecule has 1 atom stereocenters. The molecule has 0 radical (unpaired) electrons. The lowest BCUT2D eigenvalue weighted by molar-refractivity contribution is 0.187. The zero-order valence-corrected chi connectivity index (χ0v) is 20.1. The van der Waals surface area contributed by atoms with Gasteiger partial charge >= 0.3 is 0 Å². The Balaban J connectivity index is 1.39. The Bertz CT molecular complexity index is 1400. The molecule has 1 aliphatic carbocycles. The van der Waals surface area contributed by atoms with Gasteiger partial charge in [0.15, 0.2) is 0 Å². The van der Waals surface area contributed by atoms with Crippen LogP contribution in [0.15, 0.2) is 41.2 Å². The van der Waals surface area contributed by atoms with Gasteiger partial charge in [-0.15, -0.1) is 6.42 Å².